The number of carbonyl (C=O) groups is 2. The number of unbranched alkanes of at least 4 members (excludes halogenated alkanes) is 8. The van der Waals surface area contributed by atoms with Crippen LogP contribution in [0.1, 0.15) is 111 Å². The molecule has 0 aromatic carbocycles. The molecule has 1 heterocycles. The van der Waals surface area contributed by atoms with Crippen molar-refractivity contribution in [3.8, 4) is 0 Å². The summed E-state index contributed by atoms with van der Waals surface area (Å²) in [5, 5.41) is 0. The number of fused-ring (bicyclic) bond motifs is 1. The predicted molar refractivity (Wildman–Crippen MR) is 132 cm³/mol. The van der Waals surface area contributed by atoms with Crippen LogP contribution in [0.3, 0.4) is 0 Å². The van der Waals surface area contributed by atoms with Gasteiger partial charge in [0, 0.05) is 6.42 Å². The molecule has 1 aliphatic heterocycles. The van der Waals surface area contributed by atoms with Crippen LogP contribution in [0, 0.1) is 23.7 Å². The Kier molecular flexibility index (Phi) is 12.9. The average molecular weight is 465 g/mol. The number of epoxide rings is 1. The molecule has 0 radical (unpaired) electrons. The minimum Gasteiger partial charge on any atom is -0.483 e. The first-order valence-corrected chi connectivity index (χ1v) is 13.6. The fraction of sp³-hybridized carbons (Fsp3) is 0.857. The van der Waals surface area contributed by atoms with Crippen molar-refractivity contribution in [3.63, 3.8) is 0 Å². The Morgan fingerprint density at radius 2 is 1.27 bits per heavy atom. The summed E-state index contributed by atoms with van der Waals surface area (Å²) in [6.45, 7) is 9.89. The van der Waals surface area contributed by atoms with Crippen molar-refractivity contribution in [1.29, 1.82) is 0 Å². The molecule has 0 N–H and O–H groups in total. The fourth-order valence-electron chi connectivity index (χ4n) is 4.51. The standard InChI is InChI=1S/C28H48O5/c1-21(2)15-11-7-5-9-13-17-31-27(29)23-19-25-26(33-25)20-24(23)28(30)32-18-14-10-6-8-12-16-22(3)4/h19,21-24,26H,5-18,20H2,1-4H3. The Balaban J connectivity index is 1.61. The molecule has 2 rings (SSSR count). The van der Waals surface area contributed by atoms with E-state index in [2.05, 4.69) is 27.7 Å². The lowest BCUT2D eigenvalue weighted by atomic mass is 9.84. The van der Waals surface area contributed by atoms with E-state index in [4.69, 9.17) is 14.2 Å². The van der Waals surface area contributed by atoms with Crippen molar-refractivity contribution in [3.05, 3.63) is 11.8 Å². The van der Waals surface area contributed by atoms with Crippen molar-refractivity contribution in [2.24, 2.45) is 23.7 Å². The molecule has 3 atom stereocenters. The summed E-state index contributed by atoms with van der Waals surface area (Å²) in [7, 11) is 0. The third-order valence-electron chi connectivity index (χ3n) is 6.70. The second-order valence-corrected chi connectivity index (χ2v) is 10.8. The molecular formula is C28H48O5. The molecule has 0 saturated carbocycles. The van der Waals surface area contributed by atoms with Crippen molar-refractivity contribution >= 4 is 11.9 Å². The van der Waals surface area contributed by atoms with E-state index in [9.17, 15) is 9.59 Å². The van der Waals surface area contributed by atoms with Gasteiger partial charge in [-0.25, -0.2) is 0 Å². The van der Waals surface area contributed by atoms with E-state index in [1.165, 1.54) is 51.4 Å². The van der Waals surface area contributed by atoms with Crippen LogP contribution in [0.5, 0.6) is 0 Å². The van der Waals surface area contributed by atoms with E-state index in [1.807, 2.05) is 0 Å². The third kappa shape index (κ3) is 11.4. The normalized spacial score (nSPS) is 21.4. The SMILES string of the molecule is CC(C)CCCCCCCOC(=O)C1C=C2OC2CC1C(=O)OCCCCCCCC(C)C. The van der Waals surface area contributed by atoms with Gasteiger partial charge in [0.1, 0.15) is 5.76 Å². The molecule has 1 saturated heterocycles. The van der Waals surface area contributed by atoms with E-state index >= 15 is 0 Å². The molecule has 1 fully saturated rings. The van der Waals surface area contributed by atoms with E-state index in [0.29, 0.717) is 19.6 Å². The number of esters is 2. The van der Waals surface area contributed by atoms with E-state index in [0.717, 1.165) is 43.3 Å². The third-order valence-corrected chi connectivity index (χ3v) is 6.70. The zero-order valence-electron chi connectivity index (χ0n) is 21.6. The highest BCUT2D eigenvalue weighted by molar-refractivity contribution is 5.84. The Bertz CT molecular complexity index is 609. The number of hydrogen-bond acceptors (Lipinski definition) is 5. The highest BCUT2D eigenvalue weighted by Crippen LogP contribution is 2.42. The maximum atomic E-state index is 12.7. The van der Waals surface area contributed by atoms with Crippen LogP contribution < -0.4 is 0 Å². The lowest BCUT2D eigenvalue weighted by Gasteiger charge is -2.22. The lowest BCUT2D eigenvalue weighted by molar-refractivity contribution is -0.159. The molecular weight excluding hydrogens is 416 g/mol. The lowest BCUT2D eigenvalue weighted by Crippen LogP contribution is -2.34. The molecule has 0 spiro atoms. The molecule has 5 heteroatoms. The number of carbonyl (C=O) groups excluding carboxylic acids is 2. The van der Waals surface area contributed by atoms with E-state index in [1.54, 1.807) is 6.08 Å². The maximum Gasteiger partial charge on any atom is 0.313 e. The van der Waals surface area contributed by atoms with Gasteiger partial charge in [0.05, 0.1) is 25.0 Å². The van der Waals surface area contributed by atoms with Crippen molar-refractivity contribution < 1.29 is 23.8 Å². The Morgan fingerprint density at radius 3 is 1.82 bits per heavy atom. The van der Waals surface area contributed by atoms with Crippen molar-refractivity contribution in [2.75, 3.05) is 13.2 Å². The van der Waals surface area contributed by atoms with Crippen LogP contribution in [-0.4, -0.2) is 31.3 Å². The molecule has 0 aromatic rings. The van der Waals surface area contributed by atoms with Gasteiger partial charge in [-0.05, 0) is 30.8 Å². The second kappa shape index (κ2) is 15.4. The van der Waals surface area contributed by atoms with Crippen LogP contribution in [-0.2, 0) is 23.8 Å². The van der Waals surface area contributed by atoms with Gasteiger partial charge in [-0.15, -0.1) is 0 Å². The number of hydrogen-bond donors (Lipinski definition) is 0. The molecule has 0 bridgehead atoms. The summed E-state index contributed by atoms with van der Waals surface area (Å²) in [5.41, 5.74) is 0. The van der Waals surface area contributed by atoms with Crippen molar-refractivity contribution in [2.45, 2.75) is 117 Å². The van der Waals surface area contributed by atoms with Gasteiger partial charge < -0.3 is 14.2 Å². The van der Waals surface area contributed by atoms with E-state index in [-0.39, 0.29) is 18.0 Å². The zero-order chi connectivity index (χ0) is 24.1. The van der Waals surface area contributed by atoms with Gasteiger partial charge in [0.15, 0.2) is 6.10 Å². The molecule has 0 aromatic heterocycles. The van der Waals surface area contributed by atoms with Gasteiger partial charge in [-0.3, -0.25) is 9.59 Å². The topological polar surface area (TPSA) is 65.1 Å². The minimum absolute atomic E-state index is 0.0154. The van der Waals surface area contributed by atoms with Gasteiger partial charge in [0.2, 0.25) is 0 Å². The van der Waals surface area contributed by atoms with Gasteiger partial charge in [-0.2, -0.15) is 0 Å². The Hall–Kier alpha value is -1.52. The minimum atomic E-state index is -0.576. The molecule has 1 aliphatic carbocycles. The summed E-state index contributed by atoms with van der Waals surface area (Å²) in [6.07, 6.45) is 16.2. The van der Waals surface area contributed by atoms with Gasteiger partial charge in [0.25, 0.3) is 0 Å². The molecule has 5 nitrogen and oxygen atoms in total. The molecule has 2 aliphatic rings. The first-order valence-electron chi connectivity index (χ1n) is 13.6. The van der Waals surface area contributed by atoms with Crippen LogP contribution >= 0.6 is 0 Å². The average Bonchev–Trinajstić information content (AvgIpc) is 3.54. The summed E-state index contributed by atoms with van der Waals surface area (Å²) in [5.74, 6) is 0.697. The van der Waals surface area contributed by atoms with Crippen LogP contribution in [0.4, 0.5) is 0 Å². The first kappa shape index (κ1) is 27.7. The number of ether oxygens (including phenoxy) is 3. The molecule has 0 amide bonds. The predicted octanol–water partition coefficient (Wildman–Crippen LogP) is 6.98. The van der Waals surface area contributed by atoms with Crippen LogP contribution in [0.2, 0.25) is 0 Å². The molecule has 33 heavy (non-hydrogen) atoms. The quantitative estimate of drug-likeness (QED) is 0.124. The summed E-state index contributed by atoms with van der Waals surface area (Å²) < 4.78 is 16.5. The zero-order valence-corrected chi connectivity index (χ0v) is 21.6. The fourth-order valence-corrected chi connectivity index (χ4v) is 4.51. The summed E-state index contributed by atoms with van der Waals surface area (Å²) in [4.78, 5) is 25.4. The first-order chi connectivity index (χ1) is 15.9. The molecule has 3 unspecified atom stereocenters. The molecule has 190 valence electrons. The van der Waals surface area contributed by atoms with Crippen molar-refractivity contribution in [1.82, 2.24) is 0 Å². The maximum absolute atomic E-state index is 12.7. The number of rotatable bonds is 18. The second-order valence-electron chi connectivity index (χ2n) is 10.8. The van der Waals surface area contributed by atoms with Crippen LogP contribution in [0.15, 0.2) is 11.8 Å². The largest absolute Gasteiger partial charge is 0.483 e. The highest BCUT2D eigenvalue weighted by atomic mass is 16.6. The van der Waals surface area contributed by atoms with Crippen LogP contribution in [0.25, 0.3) is 0 Å². The monoisotopic (exact) mass is 464 g/mol. The highest BCUT2D eigenvalue weighted by Gasteiger charge is 2.48. The summed E-state index contributed by atoms with van der Waals surface area (Å²) in [6, 6.07) is 0. The Labute approximate surface area is 202 Å². The Morgan fingerprint density at radius 1 is 0.788 bits per heavy atom. The summed E-state index contributed by atoms with van der Waals surface area (Å²) >= 11 is 0. The van der Waals surface area contributed by atoms with E-state index < -0.39 is 11.8 Å². The van der Waals surface area contributed by atoms with Gasteiger partial charge >= 0.3 is 11.9 Å². The van der Waals surface area contributed by atoms with Gasteiger partial charge in [-0.1, -0.05) is 91.9 Å². The smallest absolute Gasteiger partial charge is 0.313 e.